The van der Waals surface area contributed by atoms with Gasteiger partial charge in [-0.15, -0.1) is 0 Å². The number of carbonyl (C=O) groups is 1. The third-order valence-corrected chi connectivity index (χ3v) is 2.77. The number of nitrogens with one attached hydrogen (secondary N) is 2. The Kier molecular flexibility index (Phi) is 6.19. The minimum atomic E-state index is -0.231. The molecule has 2 aromatic rings. The molecule has 0 aliphatic carbocycles. The van der Waals surface area contributed by atoms with Crippen molar-refractivity contribution in [1.29, 1.82) is 0 Å². The Morgan fingerprint density at radius 2 is 2.00 bits per heavy atom. The molecule has 6 nitrogen and oxygen atoms in total. The van der Waals surface area contributed by atoms with Crippen LogP contribution in [0.25, 0.3) is 0 Å². The summed E-state index contributed by atoms with van der Waals surface area (Å²) in [5.74, 6) is 1.16. The van der Waals surface area contributed by atoms with Gasteiger partial charge in [-0.3, -0.25) is 4.79 Å². The van der Waals surface area contributed by atoms with Gasteiger partial charge in [0.25, 0.3) is 5.91 Å². The number of aromatic nitrogens is 1. The Labute approximate surface area is 129 Å². The number of pyridine rings is 1. The van der Waals surface area contributed by atoms with Gasteiger partial charge in [-0.05, 0) is 24.3 Å². The molecule has 0 aliphatic rings. The highest BCUT2D eigenvalue weighted by Crippen LogP contribution is 2.11. The summed E-state index contributed by atoms with van der Waals surface area (Å²) >= 11 is 0. The van der Waals surface area contributed by atoms with Gasteiger partial charge in [-0.25, -0.2) is 4.98 Å². The normalized spacial score (nSPS) is 10.0. The van der Waals surface area contributed by atoms with Gasteiger partial charge < -0.3 is 20.1 Å². The maximum atomic E-state index is 11.8. The summed E-state index contributed by atoms with van der Waals surface area (Å²) in [6.45, 7) is 1.25. The molecule has 0 radical (unpaired) electrons. The van der Waals surface area contributed by atoms with E-state index in [0.29, 0.717) is 24.6 Å². The van der Waals surface area contributed by atoms with E-state index in [1.807, 2.05) is 18.2 Å². The number of anilines is 2. The molecular formula is C16H19N3O3. The molecule has 2 N–H and O–H groups in total. The lowest BCUT2D eigenvalue weighted by Crippen LogP contribution is -2.20. The first kappa shape index (κ1) is 15.8. The van der Waals surface area contributed by atoms with Gasteiger partial charge in [0.15, 0.2) is 6.61 Å². The zero-order chi connectivity index (χ0) is 15.6. The van der Waals surface area contributed by atoms with Crippen LogP contribution in [0.1, 0.15) is 0 Å². The van der Waals surface area contributed by atoms with Crippen LogP contribution in [0.5, 0.6) is 5.75 Å². The Morgan fingerprint density at radius 3 is 2.68 bits per heavy atom. The second-order valence-electron chi connectivity index (χ2n) is 4.50. The molecule has 0 saturated carbocycles. The molecule has 1 aromatic carbocycles. The molecule has 0 atom stereocenters. The highest BCUT2D eigenvalue weighted by molar-refractivity contribution is 5.91. The van der Waals surface area contributed by atoms with E-state index in [-0.39, 0.29) is 12.5 Å². The molecule has 0 saturated heterocycles. The number of hydrogen-bond acceptors (Lipinski definition) is 5. The van der Waals surface area contributed by atoms with Crippen LogP contribution in [0, 0.1) is 0 Å². The lowest BCUT2D eigenvalue weighted by atomic mass is 10.3. The fraction of sp³-hybridized carbons (Fsp3) is 0.250. The van der Waals surface area contributed by atoms with Gasteiger partial charge in [0.1, 0.15) is 11.6 Å². The standard InChI is InChI=1S/C16H19N3O3/c1-21-10-9-17-15-8-7-13(11-18-15)19-16(20)12-22-14-5-3-2-4-6-14/h2-8,11H,9-10,12H2,1H3,(H,17,18)(H,19,20). The Hall–Kier alpha value is -2.60. The average Bonchev–Trinajstić information content (AvgIpc) is 2.56. The minimum Gasteiger partial charge on any atom is -0.484 e. The lowest BCUT2D eigenvalue weighted by Gasteiger charge is -2.08. The quantitative estimate of drug-likeness (QED) is 0.731. The first-order chi connectivity index (χ1) is 10.8. The van der Waals surface area contributed by atoms with Crippen LogP contribution < -0.4 is 15.4 Å². The lowest BCUT2D eigenvalue weighted by molar-refractivity contribution is -0.118. The summed E-state index contributed by atoms with van der Waals surface area (Å²) in [5, 5.41) is 5.83. The number of nitrogens with zero attached hydrogens (tertiary/aromatic N) is 1. The largest absolute Gasteiger partial charge is 0.484 e. The number of carbonyl (C=O) groups excluding carboxylic acids is 1. The summed E-state index contributed by atoms with van der Waals surface area (Å²) < 4.78 is 10.3. The predicted octanol–water partition coefficient (Wildman–Crippen LogP) is 2.16. The summed E-state index contributed by atoms with van der Waals surface area (Å²) in [6, 6.07) is 12.8. The average molecular weight is 301 g/mol. The van der Waals surface area contributed by atoms with Gasteiger partial charge >= 0.3 is 0 Å². The Bertz CT molecular complexity index is 573. The second kappa shape index (κ2) is 8.63. The molecule has 0 spiro atoms. The molecule has 1 aromatic heterocycles. The van der Waals surface area contributed by atoms with Crippen molar-refractivity contribution in [2.24, 2.45) is 0 Å². The molecule has 2 rings (SSSR count). The van der Waals surface area contributed by atoms with E-state index in [9.17, 15) is 4.79 Å². The van der Waals surface area contributed by atoms with Gasteiger partial charge in [-0.2, -0.15) is 0 Å². The second-order valence-corrected chi connectivity index (χ2v) is 4.50. The Balaban J connectivity index is 1.76. The van der Waals surface area contributed by atoms with Crippen molar-refractivity contribution in [3.05, 3.63) is 48.7 Å². The van der Waals surface area contributed by atoms with Crippen LogP contribution in [0.3, 0.4) is 0 Å². The summed E-state index contributed by atoms with van der Waals surface area (Å²) in [4.78, 5) is 16.0. The highest BCUT2D eigenvalue weighted by atomic mass is 16.5. The topological polar surface area (TPSA) is 72.5 Å². The number of para-hydroxylation sites is 1. The highest BCUT2D eigenvalue weighted by Gasteiger charge is 2.04. The van der Waals surface area contributed by atoms with E-state index in [2.05, 4.69) is 15.6 Å². The molecule has 1 heterocycles. The number of methoxy groups -OCH3 is 1. The number of hydrogen-bond donors (Lipinski definition) is 2. The van der Waals surface area contributed by atoms with Gasteiger partial charge in [-0.1, -0.05) is 18.2 Å². The minimum absolute atomic E-state index is 0.0438. The predicted molar refractivity (Wildman–Crippen MR) is 85.2 cm³/mol. The van der Waals surface area contributed by atoms with E-state index in [4.69, 9.17) is 9.47 Å². The third-order valence-electron chi connectivity index (χ3n) is 2.77. The fourth-order valence-electron chi connectivity index (χ4n) is 1.72. The van der Waals surface area contributed by atoms with Crippen molar-refractivity contribution in [3.8, 4) is 5.75 Å². The van der Waals surface area contributed by atoms with E-state index >= 15 is 0 Å². The molecule has 6 heteroatoms. The fourth-order valence-corrected chi connectivity index (χ4v) is 1.72. The number of rotatable bonds is 8. The van der Waals surface area contributed by atoms with Crippen LogP contribution in [0.4, 0.5) is 11.5 Å². The first-order valence-corrected chi connectivity index (χ1v) is 6.94. The molecule has 116 valence electrons. The van der Waals surface area contributed by atoms with Gasteiger partial charge in [0.2, 0.25) is 0 Å². The maximum absolute atomic E-state index is 11.8. The summed E-state index contributed by atoms with van der Waals surface area (Å²) in [7, 11) is 1.64. The summed E-state index contributed by atoms with van der Waals surface area (Å²) in [6.07, 6.45) is 1.59. The molecule has 0 unspecified atom stereocenters. The van der Waals surface area contributed by atoms with Crippen LogP contribution in [-0.4, -0.2) is 37.8 Å². The van der Waals surface area contributed by atoms with Crippen LogP contribution in [0.2, 0.25) is 0 Å². The van der Waals surface area contributed by atoms with Crippen molar-refractivity contribution >= 4 is 17.4 Å². The molecule has 22 heavy (non-hydrogen) atoms. The van der Waals surface area contributed by atoms with E-state index in [0.717, 1.165) is 5.82 Å². The number of amides is 1. The zero-order valence-corrected chi connectivity index (χ0v) is 12.4. The monoisotopic (exact) mass is 301 g/mol. The van der Waals surface area contributed by atoms with Crippen molar-refractivity contribution in [2.45, 2.75) is 0 Å². The van der Waals surface area contributed by atoms with Crippen molar-refractivity contribution in [1.82, 2.24) is 4.98 Å². The van der Waals surface area contributed by atoms with Crippen LogP contribution in [0.15, 0.2) is 48.7 Å². The van der Waals surface area contributed by atoms with Crippen LogP contribution >= 0.6 is 0 Å². The third kappa shape index (κ3) is 5.41. The molecule has 1 amide bonds. The maximum Gasteiger partial charge on any atom is 0.262 e. The van der Waals surface area contributed by atoms with Crippen molar-refractivity contribution in [2.75, 3.05) is 37.5 Å². The van der Waals surface area contributed by atoms with E-state index < -0.39 is 0 Å². The van der Waals surface area contributed by atoms with Gasteiger partial charge in [0.05, 0.1) is 18.5 Å². The smallest absolute Gasteiger partial charge is 0.262 e. The SMILES string of the molecule is COCCNc1ccc(NC(=O)COc2ccccc2)cn1. The zero-order valence-electron chi connectivity index (χ0n) is 12.4. The Morgan fingerprint density at radius 1 is 1.18 bits per heavy atom. The van der Waals surface area contributed by atoms with Crippen molar-refractivity contribution in [3.63, 3.8) is 0 Å². The molecule has 0 aliphatic heterocycles. The number of benzene rings is 1. The number of ether oxygens (including phenoxy) is 2. The van der Waals surface area contributed by atoms with Crippen LogP contribution in [-0.2, 0) is 9.53 Å². The van der Waals surface area contributed by atoms with Gasteiger partial charge in [0, 0.05) is 13.7 Å². The van der Waals surface area contributed by atoms with E-state index in [1.165, 1.54) is 0 Å². The first-order valence-electron chi connectivity index (χ1n) is 6.94. The molecule has 0 bridgehead atoms. The summed E-state index contributed by atoms with van der Waals surface area (Å²) in [5.41, 5.74) is 0.624. The van der Waals surface area contributed by atoms with Crippen molar-refractivity contribution < 1.29 is 14.3 Å². The molecular weight excluding hydrogens is 282 g/mol. The molecule has 0 fully saturated rings. The van der Waals surface area contributed by atoms with E-state index in [1.54, 1.807) is 37.6 Å².